The third kappa shape index (κ3) is 3.59. The van der Waals surface area contributed by atoms with Crippen molar-refractivity contribution < 1.29 is 19.1 Å². The highest BCUT2D eigenvalue weighted by Gasteiger charge is 2.35. The molecule has 1 aliphatic heterocycles. The minimum Gasteiger partial charge on any atom is -0.496 e. The van der Waals surface area contributed by atoms with E-state index in [0.29, 0.717) is 30.0 Å². The topological polar surface area (TPSA) is 96.6 Å². The Morgan fingerprint density at radius 1 is 1.17 bits per heavy atom. The number of hydrogen-bond donors (Lipinski definition) is 2. The quantitative estimate of drug-likeness (QED) is 0.648. The molecule has 2 amide bonds. The minimum atomic E-state index is -0.461. The van der Waals surface area contributed by atoms with Crippen LogP contribution >= 0.6 is 0 Å². The third-order valence-electron chi connectivity index (χ3n) is 5.15. The van der Waals surface area contributed by atoms with Crippen molar-refractivity contribution in [3.8, 4) is 5.75 Å². The van der Waals surface area contributed by atoms with Crippen LogP contribution in [-0.4, -0.2) is 47.6 Å². The molecule has 4 rings (SSSR count). The van der Waals surface area contributed by atoms with E-state index in [0.717, 1.165) is 17.0 Å². The molecule has 2 heterocycles. The Bertz CT molecular complexity index is 1080. The van der Waals surface area contributed by atoms with Gasteiger partial charge in [-0.15, -0.1) is 0 Å². The number of para-hydroxylation sites is 1. The fourth-order valence-corrected chi connectivity index (χ4v) is 3.74. The molecule has 0 unspecified atom stereocenters. The van der Waals surface area contributed by atoms with E-state index in [4.69, 9.17) is 9.47 Å². The van der Waals surface area contributed by atoms with E-state index in [1.165, 1.54) is 7.11 Å². The highest BCUT2D eigenvalue weighted by molar-refractivity contribution is 5.94. The lowest BCUT2D eigenvalue weighted by molar-refractivity contribution is 0.0600. The van der Waals surface area contributed by atoms with Gasteiger partial charge in [-0.3, -0.25) is 0 Å². The highest BCUT2D eigenvalue weighted by Crippen LogP contribution is 2.38. The Labute approximate surface area is 173 Å². The van der Waals surface area contributed by atoms with Gasteiger partial charge in [-0.05, 0) is 24.3 Å². The number of H-pyrrole nitrogens is 1. The summed E-state index contributed by atoms with van der Waals surface area (Å²) in [5.74, 6) is 0.223. The standard InChI is InChI=1S/C22H22N4O4/c1-29-18-9-4-3-8-16(18)20-19-17(23-13-24-19)10-11-26(20)22(28)25-15-7-5-6-14(12-15)21(27)30-2/h3-9,12-13,20H,10-11H2,1-2H3,(H,23,24)(H,25,28)/t20-/m0/s1. The molecule has 0 aliphatic carbocycles. The number of aromatic amines is 1. The first-order valence-electron chi connectivity index (χ1n) is 9.53. The second-order valence-electron chi connectivity index (χ2n) is 6.86. The van der Waals surface area contributed by atoms with Gasteiger partial charge in [0, 0.05) is 29.9 Å². The Kier molecular flexibility index (Phi) is 5.38. The SMILES string of the molecule is COC(=O)c1cccc(NC(=O)N2CCc3[nH]cnc3[C@@H]2c2ccccc2OC)c1. The summed E-state index contributed by atoms with van der Waals surface area (Å²) < 4.78 is 10.3. The number of ether oxygens (including phenoxy) is 2. The number of benzene rings is 2. The molecule has 30 heavy (non-hydrogen) atoms. The number of rotatable bonds is 4. The molecule has 1 atom stereocenters. The van der Waals surface area contributed by atoms with Crippen molar-refractivity contribution in [2.75, 3.05) is 26.1 Å². The number of aromatic nitrogens is 2. The van der Waals surface area contributed by atoms with E-state index in [9.17, 15) is 9.59 Å². The fraction of sp³-hybridized carbons (Fsp3) is 0.227. The predicted molar refractivity (Wildman–Crippen MR) is 111 cm³/mol. The number of anilines is 1. The summed E-state index contributed by atoms with van der Waals surface area (Å²) >= 11 is 0. The van der Waals surface area contributed by atoms with Crippen LogP contribution in [0, 0.1) is 0 Å². The zero-order chi connectivity index (χ0) is 21.1. The number of carbonyl (C=O) groups is 2. The van der Waals surface area contributed by atoms with Gasteiger partial charge >= 0.3 is 12.0 Å². The minimum absolute atomic E-state index is 0.290. The lowest BCUT2D eigenvalue weighted by atomic mass is 9.95. The van der Waals surface area contributed by atoms with Gasteiger partial charge in [0.25, 0.3) is 0 Å². The van der Waals surface area contributed by atoms with Gasteiger partial charge in [0.2, 0.25) is 0 Å². The molecule has 0 radical (unpaired) electrons. The van der Waals surface area contributed by atoms with Crippen LogP contribution in [0.2, 0.25) is 0 Å². The molecule has 8 nitrogen and oxygen atoms in total. The van der Waals surface area contributed by atoms with Crippen molar-refractivity contribution in [2.24, 2.45) is 0 Å². The van der Waals surface area contributed by atoms with E-state index in [2.05, 4.69) is 15.3 Å². The first-order chi connectivity index (χ1) is 14.6. The van der Waals surface area contributed by atoms with Crippen LogP contribution in [-0.2, 0) is 11.2 Å². The molecule has 1 aromatic heterocycles. The van der Waals surface area contributed by atoms with Gasteiger partial charge < -0.3 is 24.7 Å². The number of urea groups is 1. The first-order valence-corrected chi connectivity index (χ1v) is 9.53. The molecule has 154 valence electrons. The Morgan fingerprint density at radius 3 is 2.80 bits per heavy atom. The normalized spacial score (nSPS) is 15.3. The van der Waals surface area contributed by atoms with Crippen molar-refractivity contribution >= 4 is 17.7 Å². The van der Waals surface area contributed by atoms with Crippen LogP contribution in [0.5, 0.6) is 5.75 Å². The van der Waals surface area contributed by atoms with E-state index < -0.39 is 12.0 Å². The number of nitrogens with one attached hydrogen (secondary N) is 2. The lowest BCUT2D eigenvalue weighted by Gasteiger charge is -2.35. The van der Waals surface area contributed by atoms with Crippen LogP contribution < -0.4 is 10.1 Å². The summed E-state index contributed by atoms with van der Waals surface area (Å²) in [4.78, 5) is 34.4. The van der Waals surface area contributed by atoms with Crippen molar-refractivity contribution in [1.82, 2.24) is 14.9 Å². The van der Waals surface area contributed by atoms with E-state index >= 15 is 0 Å². The van der Waals surface area contributed by atoms with Gasteiger partial charge in [0.1, 0.15) is 11.8 Å². The summed E-state index contributed by atoms with van der Waals surface area (Å²) in [6.45, 7) is 0.500. The van der Waals surface area contributed by atoms with Crippen molar-refractivity contribution in [1.29, 1.82) is 0 Å². The molecule has 3 aromatic rings. The molecule has 0 saturated carbocycles. The number of esters is 1. The number of hydrogen-bond acceptors (Lipinski definition) is 5. The van der Waals surface area contributed by atoms with E-state index in [-0.39, 0.29) is 6.03 Å². The van der Waals surface area contributed by atoms with Crippen LogP contribution in [0.3, 0.4) is 0 Å². The van der Waals surface area contributed by atoms with Gasteiger partial charge in [-0.2, -0.15) is 0 Å². The number of nitrogens with zero attached hydrogens (tertiary/aromatic N) is 2. The average molecular weight is 406 g/mol. The molecular weight excluding hydrogens is 384 g/mol. The van der Waals surface area contributed by atoms with Crippen LogP contribution in [0.15, 0.2) is 54.9 Å². The Balaban J connectivity index is 1.67. The van der Waals surface area contributed by atoms with Crippen LogP contribution in [0.25, 0.3) is 0 Å². The average Bonchev–Trinajstić information content (AvgIpc) is 3.27. The number of imidazole rings is 1. The number of methoxy groups -OCH3 is 2. The molecule has 0 fully saturated rings. The fourth-order valence-electron chi connectivity index (χ4n) is 3.74. The molecule has 2 N–H and O–H groups in total. The predicted octanol–water partition coefficient (Wildman–Crippen LogP) is 3.38. The Morgan fingerprint density at radius 2 is 2.00 bits per heavy atom. The van der Waals surface area contributed by atoms with E-state index in [1.807, 2.05) is 24.3 Å². The zero-order valence-corrected chi connectivity index (χ0v) is 16.7. The maximum Gasteiger partial charge on any atom is 0.337 e. The van der Waals surface area contributed by atoms with Crippen LogP contribution in [0.1, 0.15) is 33.4 Å². The molecule has 0 bridgehead atoms. The summed E-state index contributed by atoms with van der Waals surface area (Å²) in [7, 11) is 2.93. The highest BCUT2D eigenvalue weighted by atomic mass is 16.5. The molecule has 2 aromatic carbocycles. The second kappa shape index (κ2) is 8.28. The lowest BCUT2D eigenvalue weighted by Crippen LogP contribution is -2.43. The van der Waals surface area contributed by atoms with Crippen molar-refractivity contribution in [2.45, 2.75) is 12.5 Å². The smallest absolute Gasteiger partial charge is 0.337 e. The molecule has 0 saturated heterocycles. The van der Waals surface area contributed by atoms with E-state index in [1.54, 1.807) is 42.6 Å². The third-order valence-corrected chi connectivity index (χ3v) is 5.15. The molecule has 8 heteroatoms. The molecular formula is C22H22N4O4. The molecule has 1 aliphatic rings. The van der Waals surface area contributed by atoms with Crippen molar-refractivity contribution in [3.05, 3.63) is 77.4 Å². The first kappa shape index (κ1) is 19.5. The second-order valence-corrected chi connectivity index (χ2v) is 6.86. The largest absolute Gasteiger partial charge is 0.496 e. The number of amides is 2. The summed E-state index contributed by atoms with van der Waals surface area (Å²) in [6, 6.07) is 13.6. The van der Waals surface area contributed by atoms with Crippen molar-refractivity contribution in [3.63, 3.8) is 0 Å². The van der Waals surface area contributed by atoms with Gasteiger partial charge in [-0.25, -0.2) is 14.6 Å². The maximum atomic E-state index is 13.3. The van der Waals surface area contributed by atoms with Crippen LogP contribution in [0.4, 0.5) is 10.5 Å². The van der Waals surface area contributed by atoms with Gasteiger partial charge in [0.05, 0.1) is 31.8 Å². The summed E-state index contributed by atoms with van der Waals surface area (Å²) in [6.07, 6.45) is 2.31. The summed E-state index contributed by atoms with van der Waals surface area (Å²) in [5.41, 5.74) is 3.53. The monoisotopic (exact) mass is 406 g/mol. The zero-order valence-electron chi connectivity index (χ0n) is 16.7. The van der Waals surface area contributed by atoms with Gasteiger partial charge in [-0.1, -0.05) is 24.3 Å². The summed E-state index contributed by atoms with van der Waals surface area (Å²) in [5, 5.41) is 2.89. The number of carbonyl (C=O) groups excluding carboxylic acids is 2. The molecule has 0 spiro atoms. The maximum absolute atomic E-state index is 13.3. The van der Waals surface area contributed by atoms with Gasteiger partial charge in [0.15, 0.2) is 0 Å². The number of fused-ring (bicyclic) bond motifs is 1. The Hall–Kier alpha value is -3.81.